The lowest BCUT2D eigenvalue weighted by molar-refractivity contribution is 0.412. The highest BCUT2D eigenvalue weighted by Crippen LogP contribution is 2.42. The lowest BCUT2D eigenvalue weighted by atomic mass is 10.0. The van der Waals surface area contributed by atoms with Gasteiger partial charge in [-0.15, -0.1) is 10.2 Å². The Labute approximate surface area is 386 Å². The van der Waals surface area contributed by atoms with Crippen LogP contribution in [0.5, 0.6) is 11.8 Å². The van der Waals surface area contributed by atoms with Crippen molar-refractivity contribution in [2.24, 2.45) is 20.5 Å². The van der Waals surface area contributed by atoms with Crippen LogP contribution in [0.25, 0.3) is 11.1 Å². The molecule has 0 radical (unpaired) electrons. The summed E-state index contributed by atoms with van der Waals surface area (Å²) < 4.78 is 62.5. The molecule has 2 aromatic heterocycles. The van der Waals surface area contributed by atoms with Crippen molar-refractivity contribution in [1.82, 2.24) is 13.9 Å². The Morgan fingerprint density at radius 3 is 1.64 bits per heavy atom. The van der Waals surface area contributed by atoms with E-state index >= 15 is 0 Å². The summed E-state index contributed by atoms with van der Waals surface area (Å²) in [5.74, 6) is -0.772. The predicted octanol–water partition coefficient (Wildman–Crippen LogP) is 9.50. The van der Waals surface area contributed by atoms with Crippen molar-refractivity contribution in [1.29, 1.82) is 0 Å². The Kier molecular flexibility index (Phi) is 16.0. The van der Waals surface area contributed by atoms with Crippen molar-refractivity contribution in [3.05, 3.63) is 152 Å². The number of rotatable bonds is 19. The molecule has 18 heteroatoms. The van der Waals surface area contributed by atoms with Gasteiger partial charge in [-0.05, 0) is 114 Å². The van der Waals surface area contributed by atoms with Crippen molar-refractivity contribution >= 4 is 49.7 Å². The van der Waals surface area contributed by atoms with Crippen molar-refractivity contribution in [3.8, 4) is 22.9 Å². The Balaban J connectivity index is 1.52. The fourth-order valence-electron chi connectivity index (χ4n) is 7.58. The van der Waals surface area contributed by atoms with Gasteiger partial charge in [-0.2, -0.15) is 10.2 Å². The second-order valence-corrected chi connectivity index (χ2v) is 18.4. The number of nitrogens with one attached hydrogen (secondary N) is 1. The van der Waals surface area contributed by atoms with Crippen LogP contribution in [0.4, 0.5) is 28.4 Å². The molecule has 4 aromatic carbocycles. The van der Waals surface area contributed by atoms with Crippen LogP contribution in [0.3, 0.4) is 0 Å². The van der Waals surface area contributed by atoms with Gasteiger partial charge in [0.1, 0.15) is 11.4 Å². The number of nitrogens with zero attached hydrogens (tertiary/aromatic N) is 7. The van der Waals surface area contributed by atoms with E-state index in [1.165, 1.54) is 40.7 Å². The number of benzene rings is 4. The summed E-state index contributed by atoms with van der Waals surface area (Å²) >= 11 is -2.90. The van der Waals surface area contributed by atoms with Crippen molar-refractivity contribution in [3.63, 3.8) is 0 Å². The van der Waals surface area contributed by atoms with Crippen LogP contribution in [0.2, 0.25) is 0 Å². The summed E-state index contributed by atoms with van der Waals surface area (Å²) in [5.41, 5.74) is 2.68. The Morgan fingerprint density at radius 1 is 0.682 bits per heavy atom. The molecule has 0 bridgehead atoms. The number of azo groups is 2. The van der Waals surface area contributed by atoms with Crippen LogP contribution in [-0.2, 0) is 47.2 Å². The molecule has 6 rings (SSSR count). The van der Waals surface area contributed by atoms with Gasteiger partial charge in [0.15, 0.2) is 0 Å². The van der Waals surface area contributed by atoms with Gasteiger partial charge >= 0.3 is 0 Å². The fourth-order valence-corrected chi connectivity index (χ4v) is 9.81. The number of aromatic nitrogens is 2. The fraction of sp³-hybridized carbons (Fsp3) is 0.292. The first-order valence-corrected chi connectivity index (χ1v) is 24.0. The van der Waals surface area contributed by atoms with Gasteiger partial charge in [-0.3, -0.25) is 27.2 Å². The minimum absolute atomic E-state index is 0.0275. The highest BCUT2D eigenvalue weighted by atomic mass is 32.2. The SMILES string of the molecule is CCn1c(O)c(N=Nc2ccc(-c3ccc(N=Nc4c(C)cc(=O)n(CC)c4O)cc3S(=O)(=O)NC(C)CCc3ccccc3)c(N(C(C)CCc3ccccc3)S(=O)[O-])c2)c(C)cc1=O. The number of pyridine rings is 2. The summed E-state index contributed by atoms with van der Waals surface area (Å²) in [6.07, 6.45) is 1.97. The van der Waals surface area contributed by atoms with E-state index in [-0.39, 0.29) is 63.4 Å². The molecule has 0 aliphatic carbocycles. The molecule has 0 aliphatic heterocycles. The molecular formula is C48H53N8O8S2-. The topological polar surface area (TPSA) is 223 Å². The number of aryl methyl sites for hydroxylation is 4. The van der Waals surface area contributed by atoms with Gasteiger partial charge in [-0.25, -0.2) is 13.1 Å². The number of hydrogen-bond donors (Lipinski definition) is 3. The molecule has 0 saturated heterocycles. The van der Waals surface area contributed by atoms with Crippen LogP contribution < -0.4 is 20.1 Å². The number of anilines is 1. The Hall–Kier alpha value is -6.60. The maximum absolute atomic E-state index is 14.7. The van der Waals surface area contributed by atoms with Crippen LogP contribution in [0, 0.1) is 13.8 Å². The van der Waals surface area contributed by atoms with Crippen LogP contribution in [0.15, 0.2) is 144 Å². The molecular weight excluding hydrogens is 881 g/mol. The second-order valence-electron chi connectivity index (χ2n) is 15.9. The Bertz CT molecular complexity index is 3010. The number of aromatic hydroxyl groups is 2. The first kappa shape index (κ1) is 48.8. The van der Waals surface area contributed by atoms with E-state index in [1.54, 1.807) is 53.7 Å². The van der Waals surface area contributed by atoms with E-state index in [1.807, 2.05) is 60.7 Å². The number of hydrogen-bond acceptors (Lipinski definition) is 12. The van der Waals surface area contributed by atoms with E-state index in [9.17, 15) is 37.0 Å². The second kappa shape index (κ2) is 21.6. The van der Waals surface area contributed by atoms with Crippen LogP contribution in [0.1, 0.15) is 62.8 Å². The van der Waals surface area contributed by atoms with E-state index in [4.69, 9.17) is 0 Å². The minimum Gasteiger partial charge on any atom is -0.755 e. The van der Waals surface area contributed by atoms with Crippen molar-refractivity contribution in [2.75, 3.05) is 4.31 Å². The highest BCUT2D eigenvalue weighted by molar-refractivity contribution is 7.89. The third-order valence-electron chi connectivity index (χ3n) is 11.1. The average molecular weight is 934 g/mol. The zero-order valence-corrected chi connectivity index (χ0v) is 39.2. The molecule has 0 fully saturated rings. The van der Waals surface area contributed by atoms with Crippen LogP contribution in [-0.4, -0.2) is 48.6 Å². The summed E-state index contributed by atoms with van der Waals surface area (Å²) in [6, 6.07) is 29.6. The van der Waals surface area contributed by atoms with E-state index < -0.39 is 50.4 Å². The van der Waals surface area contributed by atoms with Gasteiger partial charge in [0.2, 0.25) is 21.8 Å². The zero-order valence-electron chi connectivity index (χ0n) is 37.6. The summed E-state index contributed by atoms with van der Waals surface area (Å²) in [4.78, 5) is 24.8. The lowest BCUT2D eigenvalue weighted by Crippen LogP contribution is -2.35. The smallest absolute Gasteiger partial charge is 0.253 e. The average Bonchev–Trinajstić information content (AvgIpc) is 3.28. The normalized spacial score (nSPS) is 13.3. The standard InChI is InChI=1S/C48H54N8O8S2/c1-7-54-43(57)27-31(3)45(47(54)59)51-49-37-23-25-39(41(29-37)56(65(61)62)34(6)20-22-36-17-13-10-14-18-36)40-26-24-38(50-52-46-32(4)28-44(58)55(8-2)48(46)60)30-42(40)66(63,64)53-33(5)19-21-35-15-11-9-12-16-35/h9-18,23-30,33-34,53,59-60H,7-8,19-22H2,1-6H3,(H,61,62)/p-1. The molecule has 66 heavy (non-hydrogen) atoms. The van der Waals surface area contributed by atoms with Crippen molar-refractivity contribution < 1.29 is 27.4 Å². The monoisotopic (exact) mass is 933 g/mol. The largest absolute Gasteiger partial charge is 0.755 e. The minimum atomic E-state index is -4.40. The molecule has 3 N–H and O–H groups in total. The van der Waals surface area contributed by atoms with Gasteiger partial charge in [0, 0.05) is 59.7 Å². The first-order valence-electron chi connectivity index (χ1n) is 21.5. The van der Waals surface area contributed by atoms with Gasteiger partial charge < -0.3 is 14.8 Å². The third kappa shape index (κ3) is 11.4. The third-order valence-corrected chi connectivity index (χ3v) is 13.6. The van der Waals surface area contributed by atoms with Gasteiger partial charge in [0.25, 0.3) is 11.1 Å². The van der Waals surface area contributed by atoms with Gasteiger partial charge in [0.05, 0.1) is 22.0 Å². The molecule has 0 spiro atoms. The van der Waals surface area contributed by atoms with Crippen LogP contribution >= 0.6 is 0 Å². The van der Waals surface area contributed by atoms with E-state index in [2.05, 4.69) is 25.2 Å². The maximum atomic E-state index is 14.7. The zero-order chi connectivity index (χ0) is 47.7. The first-order chi connectivity index (χ1) is 31.5. The lowest BCUT2D eigenvalue weighted by Gasteiger charge is -2.34. The quantitative estimate of drug-likeness (QED) is 0.0523. The summed E-state index contributed by atoms with van der Waals surface area (Å²) in [6.45, 7) is 10.5. The molecule has 16 nitrogen and oxygen atoms in total. The molecule has 0 saturated carbocycles. The van der Waals surface area contributed by atoms with E-state index in [0.717, 1.165) is 20.3 Å². The number of sulfonamides is 1. The summed E-state index contributed by atoms with van der Waals surface area (Å²) in [7, 11) is -4.40. The molecule has 3 unspecified atom stereocenters. The summed E-state index contributed by atoms with van der Waals surface area (Å²) in [5, 5.41) is 39.1. The molecule has 6 aromatic rings. The maximum Gasteiger partial charge on any atom is 0.253 e. The molecule has 2 heterocycles. The molecule has 346 valence electrons. The van der Waals surface area contributed by atoms with Gasteiger partial charge in [-0.1, -0.05) is 72.8 Å². The molecule has 0 aliphatic rings. The van der Waals surface area contributed by atoms with Crippen molar-refractivity contribution in [2.45, 2.75) is 97.3 Å². The molecule has 0 amide bonds. The van der Waals surface area contributed by atoms with E-state index in [0.29, 0.717) is 36.8 Å². The molecule has 3 atom stereocenters. The predicted molar refractivity (Wildman–Crippen MR) is 256 cm³/mol. The highest BCUT2D eigenvalue weighted by Gasteiger charge is 2.27. The Morgan fingerprint density at radius 2 is 1.15 bits per heavy atom.